The van der Waals surface area contributed by atoms with Crippen molar-refractivity contribution in [2.45, 2.75) is 162 Å². The highest BCUT2D eigenvalue weighted by Crippen LogP contribution is 2.14. The summed E-state index contributed by atoms with van der Waals surface area (Å²) in [5.41, 5.74) is 0. The van der Waals surface area contributed by atoms with Gasteiger partial charge in [0.1, 0.15) is 12.4 Å². The fraction of sp³-hybridized carbons (Fsp3) is 0.893. The number of nitrogens with zero attached hydrogens (tertiary/aromatic N) is 2. The molecule has 1 aromatic heterocycles. The van der Waals surface area contributed by atoms with Crippen molar-refractivity contribution in [2.24, 2.45) is 0 Å². The van der Waals surface area contributed by atoms with Crippen molar-refractivity contribution in [1.29, 1.82) is 0 Å². The van der Waals surface area contributed by atoms with Gasteiger partial charge in [0, 0.05) is 6.42 Å². The van der Waals surface area contributed by atoms with Crippen molar-refractivity contribution in [1.82, 2.24) is 4.57 Å². The Morgan fingerprint density at radius 2 is 1.03 bits per heavy atom. The number of aromatic nitrogens is 2. The van der Waals surface area contributed by atoms with Gasteiger partial charge in [-0.05, 0) is 25.7 Å². The van der Waals surface area contributed by atoms with Crippen LogP contribution in [0.25, 0.3) is 0 Å². The Morgan fingerprint density at radius 3 is 1.50 bits per heavy atom. The van der Waals surface area contributed by atoms with Gasteiger partial charge in [0.25, 0.3) is 5.82 Å². The van der Waals surface area contributed by atoms with Crippen LogP contribution in [0.2, 0.25) is 0 Å². The summed E-state index contributed by atoms with van der Waals surface area (Å²) in [4.78, 5) is 0. The normalized spacial score (nSPS) is 11.4. The number of aryl methyl sites for hydroxylation is 2. The maximum atomic E-state index is 2.54. The number of unbranched alkanes of at least 4 members (excludes halogenated alkanes) is 16. The van der Waals surface area contributed by atoms with E-state index in [1.807, 2.05) is 0 Å². The minimum Gasteiger partial charge on any atom is -0.234 e. The molecule has 0 fully saturated rings. The molecule has 2 heteroatoms. The molecule has 0 aliphatic carbocycles. The van der Waals surface area contributed by atoms with Crippen LogP contribution in [0.15, 0.2) is 12.4 Å². The highest BCUT2D eigenvalue weighted by molar-refractivity contribution is 4.84. The zero-order valence-corrected chi connectivity index (χ0v) is 21.1. The first-order valence-corrected chi connectivity index (χ1v) is 13.9. The lowest BCUT2D eigenvalue weighted by Gasteiger charge is -2.05. The van der Waals surface area contributed by atoms with E-state index in [4.69, 9.17) is 0 Å². The van der Waals surface area contributed by atoms with E-state index in [1.54, 1.807) is 5.82 Å². The molecule has 2 nitrogen and oxygen atoms in total. The molecule has 0 atom stereocenters. The van der Waals surface area contributed by atoms with E-state index in [2.05, 4.69) is 42.3 Å². The largest absolute Gasteiger partial charge is 0.256 e. The van der Waals surface area contributed by atoms with Crippen molar-refractivity contribution in [3.63, 3.8) is 0 Å². The van der Waals surface area contributed by atoms with Gasteiger partial charge in [-0.1, -0.05) is 117 Å². The molecule has 0 aliphatic heterocycles. The topological polar surface area (TPSA) is 8.81 Å². The van der Waals surface area contributed by atoms with Crippen molar-refractivity contribution in [3.8, 4) is 0 Å². The molecular weight excluding hydrogens is 364 g/mol. The molecule has 0 bridgehead atoms. The van der Waals surface area contributed by atoms with Crippen LogP contribution >= 0.6 is 0 Å². The van der Waals surface area contributed by atoms with E-state index in [0.29, 0.717) is 0 Å². The average molecular weight is 420 g/mol. The van der Waals surface area contributed by atoms with Gasteiger partial charge >= 0.3 is 0 Å². The van der Waals surface area contributed by atoms with E-state index in [0.717, 1.165) is 0 Å². The molecular formula is C28H55N2+. The minimum absolute atomic E-state index is 1.17. The Labute approximate surface area is 189 Å². The van der Waals surface area contributed by atoms with Crippen molar-refractivity contribution in [3.05, 3.63) is 18.2 Å². The average Bonchev–Trinajstić information content (AvgIpc) is 3.13. The summed E-state index contributed by atoms with van der Waals surface area (Å²) < 4.78 is 5.03. The van der Waals surface area contributed by atoms with E-state index in [1.165, 1.54) is 142 Å². The Kier molecular flexibility index (Phi) is 18.3. The van der Waals surface area contributed by atoms with Crippen molar-refractivity contribution >= 4 is 0 Å². The van der Waals surface area contributed by atoms with E-state index in [-0.39, 0.29) is 0 Å². The second kappa shape index (κ2) is 20.1. The third-order valence-electron chi connectivity index (χ3n) is 6.56. The predicted octanol–water partition coefficient (Wildman–Crippen LogP) is 8.79. The summed E-state index contributed by atoms with van der Waals surface area (Å²) in [5.74, 6) is 1.56. The monoisotopic (exact) mass is 419 g/mol. The molecule has 0 saturated carbocycles. The number of hydrogen-bond acceptors (Lipinski definition) is 0. The van der Waals surface area contributed by atoms with Crippen LogP contribution < -0.4 is 4.57 Å². The smallest absolute Gasteiger partial charge is 0.234 e. The van der Waals surface area contributed by atoms with Crippen molar-refractivity contribution < 1.29 is 4.57 Å². The first-order valence-electron chi connectivity index (χ1n) is 13.9. The first kappa shape index (κ1) is 27.2. The van der Waals surface area contributed by atoms with Crippen LogP contribution in [0.5, 0.6) is 0 Å². The van der Waals surface area contributed by atoms with Gasteiger partial charge in [-0.3, -0.25) is 0 Å². The number of rotatable bonds is 22. The second-order valence-corrected chi connectivity index (χ2v) is 9.51. The maximum Gasteiger partial charge on any atom is 0.256 e. The molecule has 30 heavy (non-hydrogen) atoms. The number of imidazole rings is 1. The van der Waals surface area contributed by atoms with E-state index in [9.17, 15) is 0 Å². The third-order valence-corrected chi connectivity index (χ3v) is 6.56. The molecule has 176 valence electrons. The summed E-state index contributed by atoms with van der Waals surface area (Å²) in [5, 5.41) is 0. The Morgan fingerprint density at radius 1 is 0.567 bits per heavy atom. The molecule has 1 aromatic rings. The van der Waals surface area contributed by atoms with Gasteiger partial charge in [0.2, 0.25) is 0 Å². The highest BCUT2D eigenvalue weighted by Gasteiger charge is 2.15. The molecule has 0 spiro atoms. The van der Waals surface area contributed by atoms with Gasteiger partial charge in [0.15, 0.2) is 0 Å². The molecule has 0 unspecified atom stereocenters. The standard InChI is InChI=1S/C28H55N2/c1-4-7-9-10-11-12-13-14-15-16-17-18-19-20-21-22-25-30-27-26-29(24-6-3)28(30)23-8-5-2/h26-27H,4-25H2,1-3H3/q+1. The fourth-order valence-corrected chi connectivity index (χ4v) is 4.60. The Bertz CT molecular complexity index is 477. The summed E-state index contributed by atoms with van der Waals surface area (Å²) in [6.45, 7) is 9.27. The molecule has 1 heterocycles. The number of hydrogen-bond donors (Lipinski definition) is 0. The summed E-state index contributed by atoms with van der Waals surface area (Å²) in [7, 11) is 0. The zero-order valence-electron chi connectivity index (χ0n) is 21.1. The first-order chi connectivity index (χ1) is 14.8. The zero-order chi connectivity index (χ0) is 21.7. The van der Waals surface area contributed by atoms with E-state index < -0.39 is 0 Å². The predicted molar refractivity (Wildman–Crippen MR) is 133 cm³/mol. The SMILES string of the molecule is CCCCCCCCCCCCCCCCCCn1cc[n+](CCC)c1CCCC. The minimum atomic E-state index is 1.17. The molecule has 0 radical (unpaired) electrons. The van der Waals surface area contributed by atoms with Crippen molar-refractivity contribution in [2.75, 3.05) is 0 Å². The van der Waals surface area contributed by atoms with Crippen LogP contribution in [-0.4, -0.2) is 4.57 Å². The third kappa shape index (κ3) is 13.5. The molecule has 0 aromatic carbocycles. The summed E-state index contributed by atoms with van der Waals surface area (Å²) in [6.07, 6.45) is 32.8. The van der Waals surface area contributed by atoms with Gasteiger partial charge in [-0.2, -0.15) is 0 Å². The fourth-order valence-electron chi connectivity index (χ4n) is 4.60. The van der Waals surface area contributed by atoms with Gasteiger partial charge < -0.3 is 0 Å². The van der Waals surface area contributed by atoms with Crippen LogP contribution in [0.3, 0.4) is 0 Å². The molecule has 0 N–H and O–H groups in total. The Balaban J connectivity index is 1.95. The lowest BCUT2D eigenvalue weighted by atomic mass is 10.0. The van der Waals surface area contributed by atoms with Crippen LogP contribution in [0, 0.1) is 0 Å². The quantitative estimate of drug-likeness (QED) is 0.131. The van der Waals surface area contributed by atoms with Crippen LogP contribution in [-0.2, 0) is 19.5 Å². The molecule has 0 amide bonds. The van der Waals surface area contributed by atoms with Gasteiger partial charge in [0.05, 0.1) is 13.1 Å². The molecule has 0 aliphatic rings. The Hall–Kier alpha value is -0.790. The van der Waals surface area contributed by atoms with Crippen LogP contribution in [0.1, 0.15) is 149 Å². The molecule has 0 saturated heterocycles. The summed E-state index contributed by atoms with van der Waals surface area (Å²) >= 11 is 0. The van der Waals surface area contributed by atoms with Crippen LogP contribution in [0.4, 0.5) is 0 Å². The summed E-state index contributed by atoms with van der Waals surface area (Å²) in [6, 6.07) is 0. The van der Waals surface area contributed by atoms with Gasteiger partial charge in [-0.25, -0.2) is 9.13 Å². The second-order valence-electron chi connectivity index (χ2n) is 9.51. The maximum absolute atomic E-state index is 2.54. The molecule has 1 rings (SSSR count). The lowest BCUT2D eigenvalue weighted by molar-refractivity contribution is -0.703. The van der Waals surface area contributed by atoms with Gasteiger partial charge in [-0.15, -0.1) is 0 Å². The highest BCUT2D eigenvalue weighted by atomic mass is 15.1. The lowest BCUT2D eigenvalue weighted by Crippen LogP contribution is -2.37. The van der Waals surface area contributed by atoms with E-state index >= 15 is 0 Å².